The number of fused-ring (bicyclic) bond motifs is 1. The van der Waals surface area contributed by atoms with Crippen LogP contribution >= 0.6 is 11.3 Å². The van der Waals surface area contributed by atoms with E-state index in [1.807, 2.05) is 48.6 Å². The Hall–Kier alpha value is -1.98. The molecule has 0 fully saturated rings. The summed E-state index contributed by atoms with van der Waals surface area (Å²) in [5.41, 5.74) is 4.66. The van der Waals surface area contributed by atoms with Crippen LogP contribution in [-0.2, 0) is 6.54 Å². The molecule has 0 saturated carbocycles. The van der Waals surface area contributed by atoms with Gasteiger partial charge in [-0.2, -0.15) is 0 Å². The highest BCUT2D eigenvalue weighted by Crippen LogP contribution is 2.19. The van der Waals surface area contributed by atoms with Gasteiger partial charge in [0.1, 0.15) is 0 Å². The van der Waals surface area contributed by atoms with Crippen molar-refractivity contribution in [3.63, 3.8) is 0 Å². The van der Waals surface area contributed by atoms with Crippen LogP contribution in [0.25, 0.3) is 10.9 Å². The number of nitrogens with zero attached hydrogens (tertiary/aromatic N) is 2. The molecule has 0 bridgehead atoms. The van der Waals surface area contributed by atoms with Gasteiger partial charge in [-0.05, 0) is 20.0 Å². The van der Waals surface area contributed by atoms with Gasteiger partial charge in [0.15, 0.2) is 5.78 Å². The first-order valence-corrected chi connectivity index (χ1v) is 7.70. The van der Waals surface area contributed by atoms with Crippen LogP contribution in [0.4, 0.5) is 0 Å². The van der Waals surface area contributed by atoms with Crippen LogP contribution in [0.3, 0.4) is 0 Å². The number of hydrogen-bond donors (Lipinski definition) is 1. The predicted molar refractivity (Wildman–Crippen MR) is 85.8 cm³/mol. The van der Waals surface area contributed by atoms with E-state index in [2.05, 4.69) is 9.97 Å². The smallest absolute Gasteiger partial charge is 0.178 e. The number of hydrogen-bond acceptors (Lipinski definition) is 4. The molecular weight excluding hydrogens is 282 g/mol. The Morgan fingerprint density at radius 3 is 2.95 bits per heavy atom. The number of aromatic nitrogens is 2. The largest absolute Gasteiger partial charge is 0.360 e. The summed E-state index contributed by atoms with van der Waals surface area (Å²) in [7, 11) is 1.96. The van der Waals surface area contributed by atoms with E-state index in [9.17, 15) is 4.79 Å². The fraction of sp³-hybridized carbons (Fsp3) is 0.250. The van der Waals surface area contributed by atoms with Gasteiger partial charge in [0, 0.05) is 34.1 Å². The van der Waals surface area contributed by atoms with Crippen LogP contribution < -0.4 is 0 Å². The lowest BCUT2D eigenvalue weighted by atomic mass is 10.1. The van der Waals surface area contributed by atoms with E-state index in [0.717, 1.165) is 28.7 Å². The fourth-order valence-corrected chi connectivity index (χ4v) is 3.27. The summed E-state index contributed by atoms with van der Waals surface area (Å²) in [6.07, 6.45) is 1.80. The molecule has 0 saturated heterocycles. The zero-order valence-corrected chi connectivity index (χ0v) is 12.9. The number of carbonyl (C=O) groups is 1. The molecular formula is C16H17N3OS. The molecule has 0 spiro atoms. The molecule has 0 aliphatic heterocycles. The number of rotatable bonds is 5. The van der Waals surface area contributed by atoms with E-state index in [0.29, 0.717) is 6.54 Å². The molecule has 1 aromatic carbocycles. The number of aryl methyl sites for hydroxylation is 1. The van der Waals surface area contributed by atoms with Gasteiger partial charge in [-0.1, -0.05) is 18.2 Å². The van der Waals surface area contributed by atoms with E-state index in [-0.39, 0.29) is 5.78 Å². The summed E-state index contributed by atoms with van der Waals surface area (Å²) in [6, 6.07) is 7.88. The maximum Gasteiger partial charge on any atom is 0.178 e. The molecule has 2 heterocycles. The molecule has 0 amide bonds. The zero-order chi connectivity index (χ0) is 14.8. The molecule has 4 nitrogen and oxygen atoms in total. The number of benzene rings is 1. The highest BCUT2D eigenvalue weighted by Gasteiger charge is 2.15. The topological polar surface area (TPSA) is 49.0 Å². The van der Waals surface area contributed by atoms with E-state index in [1.54, 1.807) is 17.5 Å². The standard InChI is InChI=1S/C16H17N3OS/c1-11-16(21-10-18-11)9-19(2)8-15(20)13-7-17-14-6-4-3-5-12(13)14/h3-7,10,17H,8-9H2,1-2H3. The second-order valence-electron chi connectivity index (χ2n) is 5.20. The molecule has 3 aromatic rings. The second kappa shape index (κ2) is 5.79. The number of Topliss-reactive ketones (excluding diaryl/α,β-unsaturated/α-hetero) is 1. The Morgan fingerprint density at radius 2 is 2.19 bits per heavy atom. The van der Waals surface area contributed by atoms with Gasteiger partial charge < -0.3 is 4.98 Å². The number of H-pyrrole nitrogens is 1. The third-order valence-electron chi connectivity index (χ3n) is 3.56. The lowest BCUT2D eigenvalue weighted by molar-refractivity contribution is 0.0945. The number of likely N-dealkylation sites (N-methyl/N-ethyl adjacent to an activating group) is 1. The summed E-state index contributed by atoms with van der Waals surface area (Å²) in [4.78, 5) is 23.1. The Kier molecular flexibility index (Phi) is 3.86. The Bertz CT molecular complexity index is 775. The number of carbonyl (C=O) groups excluding carboxylic acids is 1. The number of aromatic amines is 1. The minimum Gasteiger partial charge on any atom is -0.360 e. The van der Waals surface area contributed by atoms with Crippen molar-refractivity contribution in [3.05, 3.63) is 52.1 Å². The van der Waals surface area contributed by atoms with Crippen molar-refractivity contribution in [2.24, 2.45) is 0 Å². The third-order valence-corrected chi connectivity index (χ3v) is 4.48. The van der Waals surface area contributed by atoms with Crippen LogP contribution in [0.5, 0.6) is 0 Å². The molecule has 21 heavy (non-hydrogen) atoms. The molecule has 3 rings (SSSR count). The molecule has 0 radical (unpaired) electrons. The van der Waals surface area contributed by atoms with E-state index < -0.39 is 0 Å². The number of ketones is 1. The Labute approximate surface area is 127 Å². The molecule has 0 unspecified atom stereocenters. The van der Waals surface area contributed by atoms with E-state index >= 15 is 0 Å². The molecule has 2 aromatic heterocycles. The van der Waals surface area contributed by atoms with Crippen molar-refractivity contribution < 1.29 is 4.79 Å². The van der Waals surface area contributed by atoms with Gasteiger partial charge in [-0.25, -0.2) is 4.98 Å². The van der Waals surface area contributed by atoms with Crippen molar-refractivity contribution in [1.29, 1.82) is 0 Å². The van der Waals surface area contributed by atoms with Crippen LogP contribution in [0.2, 0.25) is 0 Å². The minimum atomic E-state index is 0.136. The first-order chi connectivity index (χ1) is 10.1. The third kappa shape index (κ3) is 2.89. The van der Waals surface area contributed by atoms with Gasteiger partial charge in [-0.15, -0.1) is 11.3 Å². The fourth-order valence-electron chi connectivity index (χ4n) is 2.41. The average Bonchev–Trinajstić information content (AvgIpc) is 3.05. The van der Waals surface area contributed by atoms with Crippen LogP contribution in [0, 0.1) is 6.92 Å². The van der Waals surface area contributed by atoms with Crippen molar-refractivity contribution >= 4 is 28.0 Å². The maximum atomic E-state index is 12.5. The lowest BCUT2D eigenvalue weighted by Crippen LogP contribution is -2.25. The van der Waals surface area contributed by atoms with Crippen molar-refractivity contribution in [2.45, 2.75) is 13.5 Å². The lowest BCUT2D eigenvalue weighted by Gasteiger charge is -2.14. The first kappa shape index (κ1) is 14.0. The highest BCUT2D eigenvalue weighted by atomic mass is 32.1. The first-order valence-electron chi connectivity index (χ1n) is 6.82. The molecule has 5 heteroatoms. The Morgan fingerprint density at radius 1 is 1.38 bits per heavy atom. The summed E-state index contributed by atoms with van der Waals surface area (Å²) < 4.78 is 0. The van der Waals surface area contributed by atoms with Crippen molar-refractivity contribution in [2.75, 3.05) is 13.6 Å². The van der Waals surface area contributed by atoms with Crippen LogP contribution in [0.1, 0.15) is 20.9 Å². The number of para-hydroxylation sites is 1. The maximum absolute atomic E-state index is 12.5. The highest BCUT2D eigenvalue weighted by molar-refractivity contribution is 7.09. The normalized spacial score (nSPS) is 11.4. The molecule has 0 atom stereocenters. The summed E-state index contributed by atoms with van der Waals surface area (Å²) in [5, 5.41) is 0.991. The van der Waals surface area contributed by atoms with Gasteiger partial charge >= 0.3 is 0 Å². The predicted octanol–water partition coefficient (Wildman–Crippen LogP) is 3.25. The molecule has 1 N–H and O–H groups in total. The van der Waals surface area contributed by atoms with E-state index in [1.165, 1.54) is 4.88 Å². The quantitative estimate of drug-likeness (QED) is 0.736. The molecule has 108 valence electrons. The van der Waals surface area contributed by atoms with Crippen LogP contribution in [0.15, 0.2) is 36.0 Å². The summed E-state index contributed by atoms with van der Waals surface area (Å²) in [6.45, 7) is 3.16. The van der Waals surface area contributed by atoms with E-state index in [4.69, 9.17) is 0 Å². The van der Waals surface area contributed by atoms with Crippen LogP contribution in [-0.4, -0.2) is 34.2 Å². The summed E-state index contributed by atoms with van der Waals surface area (Å²) in [5.74, 6) is 0.136. The zero-order valence-electron chi connectivity index (χ0n) is 12.1. The van der Waals surface area contributed by atoms with Gasteiger partial charge in [-0.3, -0.25) is 9.69 Å². The SMILES string of the molecule is Cc1ncsc1CN(C)CC(=O)c1c[nH]c2ccccc12. The number of nitrogens with one attached hydrogen (secondary N) is 1. The van der Waals surface area contributed by atoms with Gasteiger partial charge in [0.2, 0.25) is 0 Å². The van der Waals surface area contributed by atoms with Gasteiger partial charge in [0.25, 0.3) is 0 Å². The minimum absolute atomic E-state index is 0.136. The molecule has 0 aliphatic rings. The second-order valence-corrected chi connectivity index (χ2v) is 6.14. The average molecular weight is 299 g/mol. The Balaban J connectivity index is 1.73. The van der Waals surface area contributed by atoms with Crippen molar-refractivity contribution in [1.82, 2.24) is 14.9 Å². The summed E-state index contributed by atoms with van der Waals surface area (Å²) >= 11 is 1.63. The molecule has 0 aliphatic carbocycles. The number of thiazole rings is 1. The van der Waals surface area contributed by atoms with Crippen molar-refractivity contribution in [3.8, 4) is 0 Å². The monoisotopic (exact) mass is 299 g/mol. The van der Waals surface area contributed by atoms with Gasteiger partial charge in [0.05, 0.1) is 17.7 Å².